The summed E-state index contributed by atoms with van der Waals surface area (Å²) >= 11 is 6.98. The third kappa shape index (κ3) is 7.38. The summed E-state index contributed by atoms with van der Waals surface area (Å²) in [4.78, 5) is 81.8. The number of thiophene rings is 1. The van der Waals surface area contributed by atoms with E-state index in [1.807, 2.05) is 4.90 Å². The van der Waals surface area contributed by atoms with Crippen molar-refractivity contribution in [2.75, 3.05) is 36.4 Å². The number of pyridine rings is 1. The third-order valence-electron chi connectivity index (χ3n) is 6.64. The minimum Gasteiger partial charge on any atom is -0.475 e. The molecule has 0 spiro atoms. The van der Waals surface area contributed by atoms with Gasteiger partial charge in [0.2, 0.25) is 11.8 Å². The highest BCUT2D eigenvalue weighted by Gasteiger charge is 2.42. The predicted molar refractivity (Wildman–Crippen MR) is 154 cm³/mol. The lowest BCUT2D eigenvalue weighted by Gasteiger charge is -2.41. The van der Waals surface area contributed by atoms with Crippen molar-refractivity contribution < 1.29 is 47.0 Å². The molecule has 2 aliphatic rings. The average molecular weight is 667 g/mol. The van der Waals surface area contributed by atoms with Crippen molar-refractivity contribution in [1.29, 1.82) is 0 Å². The van der Waals surface area contributed by atoms with Crippen LogP contribution in [0.3, 0.4) is 0 Å². The zero-order valence-corrected chi connectivity index (χ0v) is 24.4. The second-order valence-corrected chi connectivity index (χ2v) is 11.2. The molecular weight excluding hydrogens is 645 g/mol. The van der Waals surface area contributed by atoms with Gasteiger partial charge in [-0.3, -0.25) is 33.9 Å². The molecule has 18 heteroatoms. The van der Waals surface area contributed by atoms with Crippen molar-refractivity contribution in [3.05, 3.63) is 75.2 Å². The maximum Gasteiger partial charge on any atom is 0.490 e. The summed E-state index contributed by atoms with van der Waals surface area (Å²) in [5.41, 5.74) is 6.66. The smallest absolute Gasteiger partial charge is 0.475 e. The van der Waals surface area contributed by atoms with E-state index in [1.165, 1.54) is 23.1 Å². The number of piperazine rings is 1. The standard InChI is InChI=1S/C25H21ClN6O5S.C2HF3O2/c26-19-5-4-18(38-19)23(35)29-16-3-1-2-15-21(16)25(37)32(24(15)36)13-20(33)31-11-10-30(12-17(31)22(27)34)14-6-8-28-9-7-14;3-2(4,5)1(6)7/h1-9,17H,10-13H2,(H2,27,34)(H,29,35);(H,6,7). The summed E-state index contributed by atoms with van der Waals surface area (Å²) in [6.07, 6.45) is -1.83. The molecule has 1 saturated heterocycles. The molecule has 45 heavy (non-hydrogen) atoms. The third-order valence-corrected chi connectivity index (χ3v) is 7.87. The molecule has 0 aliphatic carbocycles. The molecule has 0 radical (unpaired) electrons. The number of primary amides is 1. The Labute approximate surface area is 261 Å². The number of carboxylic acids is 1. The van der Waals surface area contributed by atoms with Gasteiger partial charge in [-0.05, 0) is 36.4 Å². The number of carbonyl (C=O) groups is 6. The molecule has 1 aromatic carbocycles. The van der Waals surface area contributed by atoms with Crippen LogP contribution in [0, 0.1) is 0 Å². The first-order valence-electron chi connectivity index (χ1n) is 12.8. The lowest BCUT2D eigenvalue weighted by Crippen LogP contribution is -2.61. The molecule has 5 rings (SSSR count). The number of amides is 5. The van der Waals surface area contributed by atoms with Gasteiger partial charge in [0, 0.05) is 37.7 Å². The molecule has 236 valence electrons. The summed E-state index contributed by atoms with van der Waals surface area (Å²) in [6.45, 7) is 0.183. The second-order valence-electron chi connectivity index (χ2n) is 9.44. The molecule has 1 atom stereocenters. The Balaban J connectivity index is 0.000000591. The molecule has 1 fully saturated rings. The van der Waals surface area contributed by atoms with Crippen LogP contribution in [0.1, 0.15) is 30.4 Å². The number of hydrogen-bond donors (Lipinski definition) is 3. The molecule has 2 aromatic heterocycles. The van der Waals surface area contributed by atoms with Crippen LogP contribution in [0.4, 0.5) is 24.5 Å². The fourth-order valence-corrected chi connectivity index (χ4v) is 5.48. The van der Waals surface area contributed by atoms with Crippen molar-refractivity contribution in [2.24, 2.45) is 5.73 Å². The number of nitrogens with zero attached hydrogens (tertiary/aromatic N) is 4. The van der Waals surface area contributed by atoms with Crippen molar-refractivity contribution in [3.63, 3.8) is 0 Å². The largest absolute Gasteiger partial charge is 0.490 e. The molecule has 13 nitrogen and oxygen atoms in total. The van der Waals surface area contributed by atoms with Gasteiger partial charge in [-0.15, -0.1) is 11.3 Å². The number of fused-ring (bicyclic) bond motifs is 1. The molecule has 4 N–H and O–H groups in total. The lowest BCUT2D eigenvalue weighted by molar-refractivity contribution is -0.192. The number of nitrogens with two attached hydrogens (primary N) is 1. The normalized spacial score (nSPS) is 16.1. The van der Waals surface area contributed by atoms with Gasteiger partial charge in [-0.25, -0.2) is 4.79 Å². The van der Waals surface area contributed by atoms with Gasteiger partial charge < -0.3 is 26.0 Å². The van der Waals surface area contributed by atoms with E-state index in [4.69, 9.17) is 27.2 Å². The van der Waals surface area contributed by atoms with E-state index in [1.54, 1.807) is 36.7 Å². The topological polar surface area (TPSA) is 183 Å². The van der Waals surface area contributed by atoms with Crippen LogP contribution < -0.4 is 16.0 Å². The van der Waals surface area contributed by atoms with Gasteiger partial charge in [0.1, 0.15) is 12.6 Å². The molecule has 1 unspecified atom stereocenters. The van der Waals surface area contributed by atoms with Gasteiger partial charge in [0.15, 0.2) is 0 Å². The van der Waals surface area contributed by atoms with Gasteiger partial charge in [-0.1, -0.05) is 17.7 Å². The van der Waals surface area contributed by atoms with E-state index in [2.05, 4.69) is 10.3 Å². The molecule has 0 saturated carbocycles. The second kappa shape index (κ2) is 13.3. The summed E-state index contributed by atoms with van der Waals surface area (Å²) < 4.78 is 32.2. The van der Waals surface area contributed by atoms with E-state index in [0.29, 0.717) is 15.8 Å². The van der Waals surface area contributed by atoms with Crippen molar-refractivity contribution in [2.45, 2.75) is 12.2 Å². The SMILES string of the molecule is NC(=O)C1CN(c2ccncc2)CCN1C(=O)CN1C(=O)c2cccc(NC(=O)c3ccc(Cl)s3)c2C1=O.O=C(O)C(F)(F)F. The minimum atomic E-state index is -5.08. The maximum absolute atomic E-state index is 13.3. The zero-order valence-electron chi connectivity index (χ0n) is 22.8. The molecular formula is C27H22ClF3N6O7S. The number of aromatic nitrogens is 1. The molecule has 2 aliphatic heterocycles. The van der Waals surface area contributed by atoms with Gasteiger partial charge in [0.05, 0.1) is 26.0 Å². The van der Waals surface area contributed by atoms with Crippen LogP contribution in [0.25, 0.3) is 0 Å². The number of nitrogens with one attached hydrogen (secondary N) is 1. The average Bonchev–Trinajstić information content (AvgIpc) is 3.54. The number of anilines is 2. The number of rotatable bonds is 6. The van der Waals surface area contributed by atoms with Gasteiger partial charge in [0.25, 0.3) is 17.7 Å². The van der Waals surface area contributed by atoms with E-state index in [0.717, 1.165) is 21.9 Å². The van der Waals surface area contributed by atoms with Gasteiger partial charge in [-0.2, -0.15) is 13.2 Å². The monoisotopic (exact) mass is 666 g/mol. The molecule has 4 heterocycles. The van der Waals surface area contributed by atoms with E-state index < -0.39 is 54.3 Å². The van der Waals surface area contributed by atoms with Crippen LogP contribution >= 0.6 is 22.9 Å². The van der Waals surface area contributed by atoms with Crippen LogP contribution in [0.15, 0.2) is 54.9 Å². The highest BCUT2D eigenvalue weighted by molar-refractivity contribution is 7.18. The summed E-state index contributed by atoms with van der Waals surface area (Å²) in [6, 6.07) is 10.2. The highest BCUT2D eigenvalue weighted by Crippen LogP contribution is 2.31. The highest BCUT2D eigenvalue weighted by atomic mass is 35.5. The molecule has 0 bridgehead atoms. The quantitative estimate of drug-likeness (QED) is 0.333. The van der Waals surface area contributed by atoms with Crippen molar-refractivity contribution in [3.8, 4) is 0 Å². The number of halogens is 4. The van der Waals surface area contributed by atoms with Crippen LogP contribution in [-0.2, 0) is 14.4 Å². The van der Waals surface area contributed by atoms with Crippen LogP contribution in [0.2, 0.25) is 4.34 Å². The summed E-state index contributed by atoms with van der Waals surface area (Å²) in [5, 5.41) is 9.77. The van der Waals surface area contributed by atoms with Crippen LogP contribution in [0.5, 0.6) is 0 Å². The molecule has 3 aromatic rings. The maximum atomic E-state index is 13.3. The fourth-order valence-electron chi connectivity index (χ4n) is 4.54. The lowest BCUT2D eigenvalue weighted by atomic mass is 10.1. The predicted octanol–water partition coefficient (Wildman–Crippen LogP) is 2.48. The zero-order chi connectivity index (χ0) is 33.1. The van der Waals surface area contributed by atoms with Crippen molar-refractivity contribution in [1.82, 2.24) is 14.8 Å². The Morgan fingerprint density at radius 1 is 1.04 bits per heavy atom. The first kappa shape index (κ1) is 32.9. The number of hydrogen-bond acceptors (Lipinski definition) is 9. The van der Waals surface area contributed by atoms with Crippen molar-refractivity contribution >= 4 is 69.8 Å². The number of benzene rings is 1. The Hall–Kier alpha value is -5.03. The Morgan fingerprint density at radius 3 is 2.29 bits per heavy atom. The summed E-state index contributed by atoms with van der Waals surface area (Å²) in [5.74, 6) is -5.91. The number of alkyl halides is 3. The first-order chi connectivity index (χ1) is 21.2. The van der Waals surface area contributed by atoms with E-state index in [9.17, 15) is 37.1 Å². The Bertz CT molecular complexity index is 1670. The Kier molecular flexibility index (Phi) is 9.72. The number of imide groups is 1. The number of aliphatic carboxylic acids is 1. The van der Waals surface area contributed by atoms with Crippen LogP contribution in [-0.4, -0.2) is 93.8 Å². The number of carbonyl (C=O) groups excluding carboxylic acids is 5. The first-order valence-corrected chi connectivity index (χ1v) is 14.0. The Morgan fingerprint density at radius 2 is 1.71 bits per heavy atom. The van der Waals surface area contributed by atoms with Gasteiger partial charge >= 0.3 is 12.1 Å². The summed E-state index contributed by atoms with van der Waals surface area (Å²) in [7, 11) is 0. The van der Waals surface area contributed by atoms with E-state index >= 15 is 0 Å². The number of carboxylic acid groups (broad SMARTS) is 1. The fraction of sp³-hybridized carbons (Fsp3) is 0.222. The minimum absolute atomic E-state index is 0.00439. The van der Waals surface area contributed by atoms with E-state index in [-0.39, 0.29) is 29.9 Å². The molecule has 5 amide bonds.